The van der Waals surface area contributed by atoms with Gasteiger partial charge in [0.15, 0.2) is 4.77 Å². The molecule has 5 nitrogen and oxygen atoms in total. The Morgan fingerprint density at radius 2 is 1.44 bits per heavy atom. The van der Waals surface area contributed by atoms with Crippen molar-refractivity contribution < 1.29 is 4.79 Å². The zero-order chi connectivity index (χ0) is 26.8. The number of benzene rings is 4. The molecule has 0 saturated heterocycles. The second-order valence-corrected chi connectivity index (χ2v) is 10.6. The molecule has 0 spiro atoms. The Morgan fingerprint density at radius 1 is 0.795 bits per heavy atom. The number of hydrogen-bond donors (Lipinski definition) is 1. The van der Waals surface area contributed by atoms with Gasteiger partial charge in [-0.15, -0.1) is 0 Å². The van der Waals surface area contributed by atoms with E-state index in [1.165, 1.54) is 37.6 Å². The Morgan fingerprint density at radius 3 is 2.15 bits per heavy atom. The number of hydrogen-bond acceptors (Lipinski definition) is 3. The molecule has 5 aromatic rings. The number of amides is 1. The van der Waals surface area contributed by atoms with Crippen molar-refractivity contribution in [3.63, 3.8) is 0 Å². The first-order valence-corrected chi connectivity index (χ1v) is 14.1. The van der Waals surface area contributed by atoms with Crippen LogP contribution in [-0.4, -0.2) is 15.0 Å². The minimum atomic E-state index is -0.129. The number of anilines is 3. The third-order valence-electron chi connectivity index (χ3n) is 7.75. The summed E-state index contributed by atoms with van der Waals surface area (Å²) in [4.78, 5) is 15.5. The van der Waals surface area contributed by atoms with E-state index in [9.17, 15) is 4.79 Å². The largest absolute Gasteiger partial charge is 0.397 e. The van der Waals surface area contributed by atoms with Crippen LogP contribution in [0.25, 0.3) is 11.0 Å². The first-order valence-electron chi connectivity index (χ1n) is 13.6. The Kier molecular flexibility index (Phi) is 7.03. The molecular formula is C33H32N4OS. The highest BCUT2D eigenvalue weighted by molar-refractivity contribution is 7.71. The van der Waals surface area contributed by atoms with E-state index in [-0.39, 0.29) is 5.91 Å². The highest BCUT2D eigenvalue weighted by Crippen LogP contribution is 2.34. The summed E-state index contributed by atoms with van der Waals surface area (Å²) in [5, 5.41) is 0. The Labute approximate surface area is 234 Å². The summed E-state index contributed by atoms with van der Waals surface area (Å²) in [6, 6.07) is 33.9. The van der Waals surface area contributed by atoms with Crippen molar-refractivity contribution in [2.75, 3.05) is 10.6 Å². The number of fused-ring (bicyclic) bond motifs is 1. The molecule has 1 fully saturated rings. The SMILES string of the molecule is Nc1ccccc1N(C(=O)c1ccc(Cn2c(=S)n(C3CCCCC3)c3ccccc32)cc1)c1ccccc1. The van der Waals surface area contributed by atoms with E-state index in [1.807, 2.05) is 78.9 Å². The molecule has 1 amide bonds. The predicted molar refractivity (Wildman–Crippen MR) is 162 cm³/mol. The van der Waals surface area contributed by atoms with Crippen molar-refractivity contribution in [1.29, 1.82) is 0 Å². The topological polar surface area (TPSA) is 56.2 Å². The van der Waals surface area contributed by atoms with Crippen LogP contribution in [0, 0.1) is 4.77 Å². The molecule has 0 aliphatic heterocycles. The van der Waals surface area contributed by atoms with Crippen LogP contribution in [0.15, 0.2) is 103 Å². The average Bonchev–Trinajstić information content (AvgIpc) is 3.26. The maximum absolute atomic E-state index is 13.8. The minimum absolute atomic E-state index is 0.129. The molecule has 1 aliphatic carbocycles. The summed E-state index contributed by atoms with van der Waals surface area (Å²) in [6.07, 6.45) is 6.20. The standard InChI is InChI=1S/C33H32N4OS/c34-28-15-7-8-16-29(28)36(26-11-3-1-4-12-26)32(38)25-21-19-24(20-22-25)23-35-30-17-9-10-18-31(30)37(33(35)39)27-13-5-2-6-14-27/h1,3-4,7-12,15-22,27H,2,5-6,13-14,23,34H2. The maximum atomic E-state index is 13.8. The predicted octanol–water partition coefficient (Wildman–Crippen LogP) is 8.29. The summed E-state index contributed by atoms with van der Waals surface area (Å²) in [5.74, 6) is -0.129. The summed E-state index contributed by atoms with van der Waals surface area (Å²) in [5.41, 5.74) is 12.3. The first kappa shape index (κ1) is 25.1. The number of imidazole rings is 1. The van der Waals surface area contributed by atoms with E-state index in [1.54, 1.807) is 4.90 Å². The molecule has 0 radical (unpaired) electrons. The van der Waals surface area contributed by atoms with E-state index in [0.717, 1.165) is 21.5 Å². The van der Waals surface area contributed by atoms with Crippen LogP contribution in [0.2, 0.25) is 0 Å². The van der Waals surface area contributed by atoms with Gasteiger partial charge in [-0.2, -0.15) is 0 Å². The number of carbonyl (C=O) groups excluding carboxylic acids is 1. The first-order chi connectivity index (χ1) is 19.1. The second-order valence-electron chi connectivity index (χ2n) is 10.3. The molecule has 1 heterocycles. The fourth-order valence-electron chi connectivity index (χ4n) is 5.78. The molecule has 0 atom stereocenters. The van der Waals surface area contributed by atoms with E-state index in [0.29, 0.717) is 29.5 Å². The van der Waals surface area contributed by atoms with Crippen molar-refractivity contribution in [3.05, 3.63) is 119 Å². The minimum Gasteiger partial charge on any atom is -0.397 e. The smallest absolute Gasteiger partial charge is 0.262 e. The normalized spacial score (nSPS) is 13.9. The lowest BCUT2D eigenvalue weighted by molar-refractivity contribution is 0.0999. The average molecular weight is 533 g/mol. The van der Waals surface area contributed by atoms with Gasteiger partial charge >= 0.3 is 0 Å². The van der Waals surface area contributed by atoms with Gasteiger partial charge in [-0.25, -0.2) is 0 Å². The zero-order valence-electron chi connectivity index (χ0n) is 21.9. The zero-order valence-corrected chi connectivity index (χ0v) is 22.7. The molecule has 2 N–H and O–H groups in total. The van der Waals surface area contributed by atoms with Crippen LogP contribution >= 0.6 is 12.2 Å². The van der Waals surface area contributed by atoms with Gasteiger partial charge < -0.3 is 14.9 Å². The molecule has 0 bridgehead atoms. The third-order valence-corrected chi connectivity index (χ3v) is 8.16. The lowest BCUT2D eigenvalue weighted by Crippen LogP contribution is -2.26. The fraction of sp³-hybridized carbons (Fsp3) is 0.212. The maximum Gasteiger partial charge on any atom is 0.262 e. The lowest BCUT2D eigenvalue weighted by atomic mass is 9.95. The van der Waals surface area contributed by atoms with Gasteiger partial charge in [0.25, 0.3) is 5.91 Å². The van der Waals surface area contributed by atoms with Gasteiger partial charge in [0, 0.05) is 17.3 Å². The second kappa shape index (κ2) is 10.9. The Bertz CT molecular complexity index is 1660. The molecular weight excluding hydrogens is 500 g/mol. The van der Waals surface area contributed by atoms with E-state index >= 15 is 0 Å². The van der Waals surface area contributed by atoms with Gasteiger partial charge in [0.1, 0.15) is 0 Å². The third kappa shape index (κ3) is 4.88. The van der Waals surface area contributed by atoms with Crippen molar-refractivity contribution in [1.82, 2.24) is 9.13 Å². The Balaban J connectivity index is 1.32. The van der Waals surface area contributed by atoms with Crippen LogP contribution in [0.5, 0.6) is 0 Å². The van der Waals surface area contributed by atoms with Crippen LogP contribution in [-0.2, 0) is 6.54 Å². The highest BCUT2D eigenvalue weighted by Gasteiger charge is 2.23. The number of carbonyl (C=O) groups is 1. The number of rotatable bonds is 6. The van der Waals surface area contributed by atoms with Crippen LogP contribution in [0.3, 0.4) is 0 Å². The fourth-order valence-corrected chi connectivity index (χ4v) is 6.19. The van der Waals surface area contributed by atoms with E-state index in [4.69, 9.17) is 18.0 Å². The van der Waals surface area contributed by atoms with Gasteiger partial charge in [0.05, 0.1) is 29.0 Å². The van der Waals surface area contributed by atoms with E-state index in [2.05, 4.69) is 33.4 Å². The quantitative estimate of drug-likeness (QED) is 0.177. The monoisotopic (exact) mass is 532 g/mol. The van der Waals surface area contributed by atoms with Crippen molar-refractivity contribution in [3.8, 4) is 0 Å². The molecule has 39 heavy (non-hydrogen) atoms. The molecule has 1 aliphatic rings. The molecule has 6 rings (SSSR count). The molecule has 1 aromatic heterocycles. The van der Waals surface area contributed by atoms with Crippen molar-refractivity contribution in [2.45, 2.75) is 44.7 Å². The molecule has 1 saturated carbocycles. The molecule has 196 valence electrons. The van der Waals surface area contributed by atoms with Crippen LogP contribution in [0.4, 0.5) is 17.1 Å². The number of para-hydroxylation sites is 5. The molecule has 4 aromatic carbocycles. The molecule has 6 heteroatoms. The van der Waals surface area contributed by atoms with Crippen LogP contribution in [0.1, 0.15) is 54.1 Å². The number of nitrogens with zero attached hydrogens (tertiary/aromatic N) is 3. The summed E-state index contributed by atoms with van der Waals surface area (Å²) in [7, 11) is 0. The van der Waals surface area contributed by atoms with Crippen molar-refractivity contribution >= 4 is 46.2 Å². The lowest BCUT2D eigenvalue weighted by Gasteiger charge is -2.24. The number of nitrogen functional groups attached to an aromatic ring is 1. The number of nitrogens with two attached hydrogens (primary N) is 1. The Hall–Kier alpha value is -4.16. The van der Waals surface area contributed by atoms with Gasteiger partial charge in [-0.05, 0) is 79.2 Å². The van der Waals surface area contributed by atoms with Gasteiger partial charge in [-0.3, -0.25) is 9.69 Å². The summed E-state index contributed by atoms with van der Waals surface area (Å²) in [6.45, 7) is 0.654. The van der Waals surface area contributed by atoms with E-state index < -0.39 is 0 Å². The summed E-state index contributed by atoms with van der Waals surface area (Å²) >= 11 is 6.05. The number of aromatic nitrogens is 2. The summed E-state index contributed by atoms with van der Waals surface area (Å²) < 4.78 is 5.49. The van der Waals surface area contributed by atoms with Crippen LogP contribution < -0.4 is 10.6 Å². The van der Waals surface area contributed by atoms with Crippen molar-refractivity contribution in [2.24, 2.45) is 0 Å². The highest BCUT2D eigenvalue weighted by atomic mass is 32.1. The van der Waals surface area contributed by atoms with Gasteiger partial charge in [-0.1, -0.05) is 73.9 Å². The van der Waals surface area contributed by atoms with Gasteiger partial charge in [0.2, 0.25) is 0 Å². The molecule has 0 unspecified atom stereocenters.